The molecule has 1 amide bonds. The highest BCUT2D eigenvalue weighted by Gasteiger charge is 2.47. The lowest BCUT2D eigenvalue weighted by atomic mass is 9.87. The minimum atomic E-state index is -3.42. The van der Waals surface area contributed by atoms with Crippen molar-refractivity contribution in [3.8, 4) is 16.9 Å². The molecular formula is C27H34N2O5S. The van der Waals surface area contributed by atoms with Gasteiger partial charge < -0.3 is 19.3 Å². The number of amides is 1. The Kier molecular flexibility index (Phi) is 5.78. The number of methoxy groups -OCH3 is 1. The first-order chi connectivity index (χ1) is 16.5. The van der Waals surface area contributed by atoms with Crippen molar-refractivity contribution >= 4 is 21.6 Å². The van der Waals surface area contributed by atoms with Gasteiger partial charge in [0.2, 0.25) is 0 Å². The number of nitrogens with zero attached hydrogens (tertiary/aromatic N) is 2. The predicted octanol–water partition coefficient (Wildman–Crippen LogP) is 4.76. The van der Waals surface area contributed by atoms with Gasteiger partial charge in [0.15, 0.2) is 9.84 Å². The van der Waals surface area contributed by atoms with Crippen LogP contribution in [0.1, 0.15) is 50.7 Å². The summed E-state index contributed by atoms with van der Waals surface area (Å²) in [6.45, 7) is 9.47. The molecule has 188 valence electrons. The molecule has 5 rings (SSSR count). The standard InChI is InChI=1S/C27H34N2O5S/c1-17-13-19(33-5)7-8-20(17)18-14-21-22-16-28(26(30)34-27(2,3)4)11-9-23(22)29-10-6-12-35(31,32)24(15-18)25(21)29/h7-8,13-15,22-23H,6,9-12,16H2,1-5H3/t22-,23-/m0/s1. The van der Waals surface area contributed by atoms with Gasteiger partial charge in [-0.2, -0.15) is 0 Å². The zero-order valence-electron chi connectivity index (χ0n) is 21.1. The maximum absolute atomic E-state index is 13.4. The van der Waals surface area contributed by atoms with Crippen LogP contribution in [0.2, 0.25) is 0 Å². The number of benzene rings is 2. The van der Waals surface area contributed by atoms with Crippen molar-refractivity contribution in [3.63, 3.8) is 0 Å². The maximum atomic E-state index is 13.4. The predicted molar refractivity (Wildman–Crippen MR) is 136 cm³/mol. The van der Waals surface area contributed by atoms with Crippen molar-refractivity contribution in [2.45, 2.75) is 63.0 Å². The molecule has 0 aromatic heterocycles. The van der Waals surface area contributed by atoms with Gasteiger partial charge in [-0.3, -0.25) is 0 Å². The van der Waals surface area contributed by atoms with Gasteiger partial charge in [-0.1, -0.05) is 6.07 Å². The van der Waals surface area contributed by atoms with Crippen LogP contribution in [0.5, 0.6) is 5.75 Å². The Labute approximate surface area is 207 Å². The van der Waals surface area contributed by atoms with Crippen LogP contribution < -0.4 is 9.64 Å². The summed E-state index contributed by atoms with van der Waals surface area (Å²) in [7, 11) is -1.78. The van der Waals surface area contributed by atoms with Crippen LogP contribution in [-0.4, -0.2) is 63.6 Å². The number of rotatable bonds is 2. The van der Waals surface area contributed by atoms with E-state index in [1.54, 1.807) is 12.0 Å². The third-order valence-electron chi connectivity index (χ3n) is 7.31. The summed E-state index contributed by atoms with van der Waals surface area (Å²) in [5, 5.41) is 0. The SMILES string of the molecule is COc1ccc(-c2cc3c4c(c2)S(=O)(=O)CCCN4[C@H]2CCN(C(=O)OC(C)(C)C)C[C@@H]32)c(C)c1. The molecule has 3 aliphatic rings. The molecule has 0 radical (unpaired) electrons. The molecule has 8 heteroatoms. The average Bonchev–Trinajstić information content (AvgIpc) is 3.02. The van der Waals surface area contributed by atoms with E-state index in [-0.39, 0.29) is 23.8 Å². The van der Waals surface area contributed by atoms with Crippen molar-refractivity contribution in [2.24, 2.45) is 0 Å². The minimum Gasteiger partial charge on any atom is -0.497 e. The van der Waals surface area contributed by atoms with Gasteiger partial charge in [0.25, 0.3) is 0 Å². The van der Waals surface area contributed by atoms with E-state index in [0.29, 0.717) is 31.0 Å². The maximum Gasteiger partial charge on any atom is 0.410 e. The fourth-order valence-electron chi connectivity index (χ4n) is 5.79. The van der Waals surface area contributed by atoms with E-state index < -0.39 is 15.4 Å². The van der Waals surface area contributed by atoms with Crippen LogP contribution >= 0.6 is 0 Å². The van der Waals surface area contributed by atoms with Gasteiger partial charge in [-0.15, -0.1) is 0 Å². The zero-order valence-corrected chi connectivity index (χ0v) is 21.9. The smallest absolute Gasteiger partial charge is 0.410 e. The number of carbonyl (C=O) groups excluding carboxylic acids is 1. The van der Waals surface area contributed by atoms with Gasteiger partial charge >= 0.3 is 6.09 Å². The fraction of sp³-hybridized carbons (Fsp3) is 0.519. The number of fused-ring (bicyclic) bond motifs is 3. The molecule has 2 aromatic rings. The summed E-state index contributed by atoms with van der Waals surface area (Å²) in [4.78, 5) is 17.4. The van der Waals surface area contributed by atoms with Crippen molar-refractivity contribution in [2.75, 3.05) is 37.4 Å². The number of hydrogen-bond donors (Lipinski definition) is 0. The second kappa shape index (κ2) is 8.43. The number of sulfone groups is 1. The number of hydrogen-bond acceptors (Lipinski definition) is 6. The average molecular weight is 499 g/mol. The van der Waals surface area contributed by atoms with Crippen molar-refractivity contribution in [3.05, 3.63) is 41.5 Å². The lowest BCUT2D eigenvalue weighted by Crippen LogP contribution is -2.49. The monoisotopic (exact) mass is 498 g/mol. The van der Waals surface area contributed by atoms with E-state index in [0.717, 1.165) is 40.1 Å². The first-order valence-corrected chi connectivity index (χ1v) is 13.9. The van der Waals surface area contributed by atoms with Crippen molar-refractivity contribution in [1.82, 2.24) is 4.90 Å². The summed E-state index contributed by atoms with van der Waals surface area (Å²) in [5.74, 6) is 0.962. The highest BCUT2D eigenvalue weighted by Crippen LogP contribution is 2.51. The summed E-state index contributed by atoms with van der Waals surface area (Å²) < 4.78 is 37.8. The van der Waals surface area contributed by atoms with E-state index in [1.165, 1.54) is 0 Å². The summed E-state index contributed by atoms with van der Waals surface area (Å²) in [6, 6.07) is 10.0. The largest absolute Gasteiger partial charge is 0.497 e. The zero-order chi connectivity index (χ0) is 25.1. The Bertz CT molecular complexity index is 1280. The van der Waals surface area contributed by atoms with Gasteiger partial charge in [0.1, 0.15) is 11.4 Å². The molecule has 0 spiro atoms. The van der Waals surface area contributed by atoms with Gasteiger partial charge in [0.05, 0.1) is 23.4 Å². The number of anilines is 1. The second-order valence-electron chi connectivity index (χ2n) is 10.8. The summed E-state index contributed by atoms with van der Waals surface area (Å²) in [6.07, 6.45) is 1.08. The first kappa shape index (κ1) is 24.0. The lowest BCUT2D eigenvalue weighted by Gasteiger charge is -2.39. The molecule has 7 nitrogen and oxygen atoms in total. The molecule has 0 aliphatic carbocycles. The Balaban J connectivity index is 1.62. The number of carbonyl (C=O) groups is 1. The Hall–Kier alpha value is -2.74. The molecule has 2 atom stereocenters. The van der Waals surface area contributed by atoms with E-state index >= 15 is 0 Å². The molecule has 0 saturated carbocycles. The van der Waals surface area contributed by atoms with Crippen LogP contribution in [0.4, 0.5) is 10.5 Å². The lowest BCUT2D eigenvalue weighted by molar-refractivity contribution is 0.0189. The molecule has 35 heavy (non-hydrogen) atoms. The van der Waals surface area contributed by atoms with Crippen molar-refractivity contribution < 1.29 is 22.7 Å². The third-order valence-corrected chi connectivity index (χ3v) is 9.12. The van der Waals surface area contributed by atoms with Gasteiger partial charge in [-0.25, -0.2) is 13.2 Å². The molecule has 3 heterocycles. The van der Waals surface area contributed by atoms with Crippen LogP contribution in [0, 0.1) is 6.92 Å². The number of piperidine rings is 1. The topological polar surface area (TPSA) is 76.2 Å². The van der Waals surface area contributed by atoms with Gasteiger partial charge in [-0.05, 0) is 87.1 Å². The first-order valence-electron chi connectivity index (χ1n) is 12.3. The number of likely N-dealkylation sites (tertiary alicyclic amines) is 1. The van der Waals surface area contributed by atoms with E-state index in [9.17, 15) is 13.2 Å². The van der Waals surface area contributed by atoms with Crippen LogP contribution in [0.25, 0.3) is 11.1 Å². The van der Waals surface area contributed by atoms with Gasteiger partial charge in [0, 0.05) is 31.6 Å². The van der Waals surface area contributed by atoms with Crippen LogP contribution in [-0.2, 0) is 14.6 Å². The fourth-order valence-corrected chi connectivity index (χ4v) is 7.35. The van der Waals surface area contributed by atoms with E-state index in [2.05, 4.69) is 11.0 Å². The highest BCUT2D eigenvalue weighted by atomic mass is 32.2. The number of ether oxygens (including phenoxy) is 2. The summed E-state index contributed by atoms with van der Waals surface area (Å²) >= 11 is 0. The van der Waals surface area contributed by atoms with Crippen LogP contribution in [0.15, 0.2) is 35.2 Å². The molecule has 3 aliphatic heterocycles. The number of aryl methyl sites for hydroxylation is 1. The molecule has 0 unspecified atom stereocenters. The highest BCUT2D eigenvalue weighted by molar-refractivity contribution is 7.91. The van der Waals surface area contributed by atoms with Crippen molar-refractivity contribution in [1.29, 1.82) is 0 Å². The quantitative estimate of drug-likeness (QED) is 0.594. The molecule has 1 saturated heterocycles. The van der Waals surface area contributed by atoms with E-state index in [1.807, 2.05) is 52.0 Å². The summed E-state index contributed by atoms with van der Waals surface area (Å²) in [5.41, 5.74) is 4.20. The molecular weight excluding hydrogens is 464 g/mol. The third kappa shape index (κ3) is 4.26. The normalized spacial score (nSPS) is 22.8. The van der Waals surface area contributed by atoms with E-state index in [4.69, 9.17) is 9.47 Å². The molecule has 0 N–H and O–H groups in total. The minimum absolute atomic E-state index is 0.0387. The Morgan fingerprint density at radius 1 is 1.11 bits per heavy atom. The molecule has 2 aromatic carbocycles. The second-order valence-corrected chi connectivity index (χ2v) is 12.9. The molecule has 0 bridgehead atoms. The van der Waals surface area contributed by atoms with Crippen LogP contribution in [0.3, 0.4) is 0 Å². The Morgan fingerprint density at radius 2 is 1.89 bits per heavy atom. The Morgan fingerprint density at radius 3 is 2.57 bits per heavy atom. The molecule has 1 fully saturated rings.